The number of nitriles is 1. The van der Waals surface area contributed by atoms with Gasteiger partial charge in [-0.3, -0.25) is 15.1 Å². The lowest BCUT2D eigenvalue weighted by molar-refractivity contribution is -0.385. The molecule has 0 bridgehead atoms. The first-order valence-corrected chi connectivity index (χ1v) is 6.41. The first-order valence-electron chi connectivity index (χ1n) is 6.41. The highest BCUT2D eigenvalue weighted by molar-refractivity contribution is 5.52. The number of nitro groups is 1. The summed E-state index contributed by atoms with van der Waals surface area (Å²) < 4.78 is 5.52. The molecule has 1 aromatic carbocycles. The van der Waals surface area contributed by atoms with Gasteiger partial charge in [0.05, 0.1) is 11.5 Å². The van der Waals surface area contributed by atoms with E-state index in [9.17, 15) is 10.1 Å². The highest BCUT2D eigenvalue weighted by atomic mass is 16.6. The molecule has 0 saturated heterocycles. The van der Waals surface area contributed by atoms with Gasteiger partial charge in [0.15, 0.2) is 0 Å². The number of nitrogens with zero attached hydrogens (tertiary/aromatic N) is 3. The molecule has 0 saturated carbocycles. The van der Waals surface area contributed by atoms with Gasteiger partial charge in [0.1, 0.15) is 17.4 Å². The lowest BCUT2D eigenvalue weighted by Gasteiger charge is -2.06. The Morgan fingerprint density at radius 2 is 2.05 bits per heavy atom. The second-order valence-corrected chi connectivity index (χ2v) is 4.36. The first kappa shape index (κ1) is 14.5. The maximum atomic E-state index is 10.7. The quantitative estimate of drug-likeness (QED) is 0.462. The van der Waals surface area contributed by atoms with E-state index >= 15 is 0 Å². The maximum absolute atomic E-state index is 10.7. The lowest BCUT2D eigenvalue weighted by atomic mass is 10.1. The van der Waals surface area contributed by atoms with E-state index < -0.39 is 4.92 Å². The van der Waals surface area contributed by atoms with Crippen LogP contribution in [0, 0.1) is 21.4 Å². The Bertz CT molecular complexity index is 666. The van der Waals surface area contributed by atoms with E-state index in [4.69, 9.17) is 10.00 Å². The summed E-state index contributed by atoms with van der Waals surface area (Å²) in [7, 11) is 0. The third-order valence-electron chi connectivity index (χ3n) is 2.91. The molecule has 6 heteroatoms. The normalized spacial score (nSPS) is 9.86. The van der Waals surface area contributed by atoms with Crippen LogP contribution >= 0.6 is 0 Å². The minimum absolute atomic E-state index is 0.00614. The van der Waals surface area contributed by atoms with E-state index in [-0.39, 0.29) is 11.3 Å². The van der Waals surface area contributed by atoms with Crippen molar-refractivity contribution in [3.63, 3.8) is 0 Å². The predicted octanol–water partition coefficient (Wildman–Crippen LogP) is 2.87. The molecule has 2 rings (SSSR count). The summed E-state index contributed by atoms with van der Waals surface area (Å²) in [5, 5.41) is 19.6. The predicted molar refractivity (Wildman–Crippen MR) is 75.9 cm³/mol. The van der Waals surface area contributed by atoms with Crippen molar-refractivity contribution in [2.45, 2.75) is 12.8 Å². The van der Waals surface area contributed by atoms with Crippen molar-refractivity contribution >= 4 is 5.69 Å². The van der Waals surface area contributed by atoms with E-state index in [0.717, 1.165) is 12.8 Å². The summed E-state index contributed by atoms with van der Waals surface area (Å²) in [5.41, 5.74) is 0.975. The number of aryl methyl sites for hydroxylation is 1. The lowest BCUT2D eigenvalue weighted by Crippen LogP contribution is -2.00. The molecule has 0 atom stereocenters. The largest absolute Gasteiger partial charge is 0.494 e. The van der Waals surface area contributed by atoms with Crippen LogP contribution < -0.4 is 4.74 Å². The molecule has 0 amide bonds. The van der Waals surface area contributed by atoms with E-state index in [1.165, 1.54) is 23.8 Å². The van der Waals surface area contributed by atoms with Crippen molar-refractivity contribution < 1.29 is 9.66 Å². The third kappa shape index (κ3) is 4.01. The average Bonchev–Trinajstić information content (AvgIpc) is 2.52. The van der Waals surface area contributed by atoms with Gasteiger partial charge in [-0.15, -0.1) is 0 Å². The molecule has 2 aromatic rings. The highest BCUT2D eigenvalue weighted by Crippen LogP contribution is 2.23. The zero-order valence-electron chi connectivity index (χ0n) is 11.2. The topological polar surface area (TPSA) is 89.0 Å². The molecular weight excluding hydrogens is 270 g/mol. The van der Waals surface area contributed by atoms with Gasteiger partial charge in [0.2, 0.25) is 0 Å². The molecule has 0 aliphatic carbocycles. The van der Waals surface area contributed by atoms with E-state index in [0.29, 0.717) is 12.4 Å². The summed E-state index contributed by atoms with van der Waals surface area (Å²) in [6.07, 6.45) is 5.15. The maximum Gasteiger partial charge on any atom is 0.287 e. The zero-order chi connectivity index (χ0) is 15.1. The van der Waals surface area contributed by atoms with Gasteiger partial charge in [0, 0.05) is 24.5 Å². The van der Waals surface area contributed by atoms with Gasteiger partial charge in [-0.2, -0.15) is 5.26 Å². The van der Waals surface area contributed by atoms with Gasteiger partial charge in [0.25, 0.3) is 5.69 Å². The Hall–Kier alpha value is -2.94. The number of ether oxygens (including phenoxy) is 1. The first-order chi connectivity index (χ1) is 10.2. The number of rotatable bonds is 6. The van der Waals surface area contributed by atoms with Crippen LogP contribution in [0.4, 0.5) is 5.69 Å². The molecule has 6 nitrogen and oxygen atoms in total. The molecule has 1 heterocycles. The second kappa shape index (κ2) is 7.01. The van der Waals surface area contributed by atoms with Crippen LogP contribution in [0.1, 0.15) is 17.5 Å². The van der Waals surface area contributed by atoms with Crippen LogP contribution in [-0.4, -0.2) is 16.5 Å². The Kier molecular flexibility index (Phi) is 4.83. The van der Waals surface area contributed by atoms with Crippen LogP contribution in [0.5, 0.6) is 5.75 Å². The van der Waals surface area contributed by atoms with Crippen molar-refractivity contribution in [2.75, 3.05) is 6.61 Å². The number of hydrogen-bond acceptors (Lipinski definition) is 5. The Morgan fingerprint density at radius 3 is 2.71 bits per heavy atom. The van der Waals surface area contributed by atoms with Gasteiger partial charge in [-0.1, -0.05) is 0 Å². The highest BCUT2D eigenvalue weighted by Gasteiger charge is 2.13. The summed E-state index contributed by atoms with van der Waals surface area (Å²) in [6.45, 7) is 0.477. The second-order valence-electron chi connectivity index (χ2n) is 4.36. The molecule has 0 aliphatic rings. The fourth-order valence-electron chi connectivity index (χ4n) is 1.87. The van der Waals surface area contributed by atoms with Crippen molar-refractivity contribution in [3.05, 3.63) is 64.0 Å². The van der Waals surface area contributed by atoms with Crippen molar-refractivity contribution in [1.29, 1.82) is 5.26 Å². The van der Waals surface area contributed by atoms with Crippen molar-refractivity contribution in [3.8, 4) is 11.8 Å². The average molecular weight is 283 g/mol. The van der Waals surface area contributed by atoms with Gasteiger partial charge in [-0.05, 0) is 36.6 Å². The van der Waals surface area contributed by atoms with Crippen molar-refractivity contribution in [1.82, 2.24) is 4.98 Å². The molecule has 0 fully saturated rings. The number of nitro benzene ring substituents is 1. The number of aromatic nitrogens is 1. The Labute approximate surface area is 121 Å². The minimum Gasteiger partial charge on any atom is -0.494 e. The molecule has 0 unspecified atom stereocenters. The molecule has 21 heavy (non-hydrogen) atoms. The van der Waals surface area contributed by atoms with Gasteiger partial charge in [-0.25, -0.2) is 0 Å². The zero-order valence-corrected chi connectivity index (χ0v) is 11.2. The Morgan fingerprint density at radius 1 is 1.29 bits per heavy atom. The van der Waals surface area contributed by atoms with E-state index in [1.54, 1.807) is 18.5 Å². The standard InChI is InChI=1S/C15H13N3O3/c16-11-13-10-14(3-4-15(13)18(19)20)21-9-1-2-12-5-7-17-8-6-12/h3-8,10H,1-2,9H2. The molecule has 0 N–H and O–H groups in total. The van der Waals surface area contributed by atoms with E-state index in [2.05, 4.69) is 4.98 Å². The third-order valence-corrected chi connectivity index (χ3v) is 2.91. The molecule has 1 aromatic heterocycles. The van der Waals surface area contributed by atoms with Crippen LogP contribution in [0.15, 0.2) is 42.7 Å². The van der Waals surface area contributed by atoms with Gasteiger partial charge < -0.3 is 4.74 Å². The molecule has 0 aliphatic heterocycles. The summed E-state index contributed by atoms with van der Waals surface area (Å²) in [5.74, 6) is 0.465. The summed E-state index contributed by atoms with van der Waals surface area (Å²) in [6, 6.07) is 9.88. The summed E-state index contributed by atoms with van der Waals surface area (Å²) in [4.78, 5) is 14.1. The summed E-state index contributed by atoms with van der Waals surface area (Å²) >= 11 is 0. The monoisotopic (exact) mass is 283 g/mol. The van der Waals surface area contributed by atoms with Crippen LogP contribution in [0.2, 0.25) is 0 Å². The smallest absolute Gasteiger partial charge is 0.287 e. The van der Waals surface area contributed by atoms with Crippen molar-refractivity contribution in [2.24, 2.45) is 0 Å². The molecule has 106 valence electrons. The minimum atomic E-state index is -0.578. The fraction of sp³-hybridized carbons (Fsp3) is 0.200. The number of hydrogen-bond donors (Lipinski definition) is 0. The Balaban J connectivity index is 1.89. The SMILES string of the molecule is N#Cc1cc(OCCCc2ccncc2)ccc1[N+](=O)[O-]. The molecule has 0 spiro atoms. The fourth-order valence-corrected chi connectivity index (χ4v) is 1.87. The van der Waals surface area contributed by atoms with Gasteiger partial charge >= 0.3 is 0 Å². The molecular formula is C15H13N3O3. The van der Waals surface area contributed by atoms with Crippen LogP contribution in [0.3, 0.4) is 0 Å². The number of pyridine rings is 1. The molecule has 0 radical (unpaired) electrons. The van der Waals surface area contributed by atoms with Crippen LogP contribution in [-0.2, 0) is 6.42 Å². The van der Waals surface area contributed by atoms with Crippen LogP contribution in [0.25, 0.3) is 0 Å². The number of benzene rings is 1. The van der Waals surface area contributed by atoms with E-state index in [1.807, 2.05) is 12.1 Å².